The minimum atomic E-state index is 0.599. The monoisotopic (exact) mass is 134 g/mol. The zero-order valence-corrected chi connectivity index (χ0v) is 6.34. The number of rotatable bonds is 2. The van der Waals surface area contributed by atoms with E-state index in [0.29, 0.717) is 5.92 Å². The first kappa shape index (κ1) is 7.33. The molecule has 0 saturated heterocycles. The lowest BCUT2D eigenvalue weighted by Crippen LogP contribution is -1.99. The molecule has 0 aliphatic heterocycles. The fourth-order valence-electron chi connectivity index (χ4n) is 1.34. The van der Waals surface area contributed by atoms with E-state index in [0.717, 1.165) is 0 Å². The van der Waals surface area contributed by atoms with Crippen molar-refractivity contribution in [1.29, 1.82) is 0 Å². The molecule has 1 unspecified atom stereocenters. The van der Waals surface area contributed by atoms with Crippen LogP contribution in [-0.2, 0) is 0 Å². The highest BCUT2D eigenvalue weighted by Gasteiger charge is 2.07. The SMILES string of the molecule is C=CC1=CC(C=C)CCC1. The molecule has 0 amide bonds. The Morgan fingerprint density at radius 3 is 2.90 bits per heavy atom. The topological polar surface area (TPSA) is 0 Å². The molecule has 0 bridgehead atoms. The van der Waals surface area contributed by atoms with Gasteiger partial charge in [-0.2, -0.15) is 0 Å². The van der Waals surface area contributed by atoms with Gasteiger partial charge >= 0.3 is 0 Å². The van der Waals surface area contributed by atoms with Gasteiger partial charge in [0.05, 0.1) is 0 Å². The summed E-state index contributed by atoms with van der Waals surface area (Å²) >= 11 is 0. The van der Waals surface area contributed by atoms with Gasteiger partial charge in [0, 0.05) is 0 Å². The highest BCUT2D eigenvalue weighted by atomic mass is 14.1. The van der Waals surface area contributed by atoms with Gasteiger partial charge < -0.3 is 0 Å². The Morgan fingerprint density at radius 2 is 2.30 bits per heavy atom. The van der Waals surface area contributed by atoms with Crippen LogP contribution < -0.4 is 0 Å². The lowest BCUT2D eigenvalue weighted by atomic mass is 9.91. The molecule has 0 radical (unpaired) electrons. The fraction of sp³-hybridized carbons (Fsp3) is 0.400. The van der Waals surface area contributed by atoms with Crippen LogP contribution in [0.4, 0.5) is 0 Å². The summed E-state index contributed by atoms with van der Waals surface area (Å²) in [6.07, 6.45) is 9.99. The molecule has 0 saturated carbocycles. The standard InChI is InChI=1S/C10H14/c1-3-9-6-5-7-10(4-2)8-9/h3-4,8-9H,1-2,5-7H2. The van der Waals surface area contributed by atoms with Gasteiger partial charge in [0.25, 0.3) is 0 Å². The number of hydrogen-bond acceptors (Lipinski definition) is 0. The number of allylic oxidation sites excluding steroid dienone is 4. The zero-order valence-electron chi connectivity index (χ0n) is 6.34. The van der Waals surface area contributed by atoms with Gasteiger partial charge in [-0.3, -0.25) is 0 Å². The summed E-state index contributed by atoms with van der Waals surface area (Å²) in [6, 6.07) is 0. The largest absolute Gasteiger partial charge is 0.102 e. The third-order valence-corrected chi connectivity index (χ3v) is 2.00. The molecule has 0 aromatic carbocycles. The van der Waals surface area contributed by atoms with Crippen molar-refractivity contribution in [2.24, 2.45) is 5.92 Å². The maximum absolute atomic E-state index is 3.77. The van der Waals surface area contributed by atoms with Crippen molar-refractivity contribution in [2.45, 2.75) is 19.3 Å². The van der Waals surface area contributed by atoms with Gasteiger partial charge in [0.15, 0.2) is 0 Å². The average molecular weight is 134 g/mol. The van der Waals surface area contributed by atoms with Crippen LogP contribution in [0, 0.1) is 5.92 Å². The average Bonchev–Trinajstić information content (AvgIpc) is 2.05. The first-order valence-corrected chi connectivity index (χ1v) is 3.82. The Labute approximate surface area is 62.9 Å². The first-order valence-electron chi connectivity index (χ1n) is 3.82. The van der Waals surface area contributed by atoms with E-state index in [2.05, 4.69) is 19.2 Å². The zero-order chi connectivity index (χ0) is 7.40. The Kier molecular flexibility index (Phi) is 2.49. The molecule has 54 valence electrons. The molecule has 0 fully saturated rings. The van der Waals surface area contributed by atoms with Gasteiger partial charge in [-0.25, -0.2) is 0 Å². The van der Waals surface area contributed by atoms with Crippen LogP contribution in [0.15, 0.2) is 37.0 Å². The van der Waals surface area contributed by atoms with Crippen molar-refractivity contribution in [3.8, 4) is 0 Å². The summed E-state index contributed by atoms with van der Waals surface area (Å²) in [5, 5.41) is 0. The molecule has 0 N–H and O–H groups in total. The van der Waals surface area contributed by atoms with Gasteiger partial charge in [-0.1, -0.05) is 30.4 Å². The third kappa shape index (κ3) is 1.60. The predicted molar refractivity (Wildman–Crippen MR) is 45.8 cm³/mol. The predicted octanol–water partition coefficient (Wildman–Crippen LogP) is 3.08. The number of hydrogen-bond donors (Lipinski definition) is 0. The van der Waals surface area contributed by atoms with E-state index in [9.17, 15) is 0 Å². The second-order valence-electron chi connectivity index (χ2n) is 2.74. The van der Waals surface area contributed by atoms with Gasteiger partial charge in [0.2, 0.25) is 0 Å². The van der Waals surface area contributed by atoms with Crippen molar-refractivity contribution in [3.63, 3.8) is 0 Å². The van der Waals surface area contributed by atoms with E-state index in [4.69, 9.17) is 0 Å². The Morgan fingerprint density at radius 1 is 1.50 bits per heavy atom. The Balaban J connectivity index is 2.64. The van der Waals surface area contributed by atoms with Crippen molar-refractivity contribution >= 4 is 0 Å². The summed E-state index contributed by atoms with van der Waals surface area (Å²) < 4.78 is 0. The van der Waals surface area contributed by atoms with Crippen molar-refractivity contribution in [2.75, 3.05) is 0 Å². The second kappa shape index (κ2) is 3.40. The highest BCUT2D eigenvalue weighted by molar-refractivity contribution is 5.21. The van der Waals surface area contributed by atoms with E-state index >= 15 is 0 Å². The maximum Gasteiger partial charge on any atom is -0.00502 e. The van der Waals surface area contributed by atoms with E-state index in [1.54, 1.807) is 0 Å². The molecule has 0 aromatic rings. The molecule has 0 nitrogen and oxygen atoms in total. The Hall–Kier alpha value is -0.780. The van der Waals surface area contributed by atoms with Crippen molar-refractivity contribution in [3.05, 3.63) is 37.0 Å². The lowest BCUT2D eigenvalue weighted by molar-refractivity contribution is 0.619. The molecule has 1 atom stereocenters. The van der Waals surface area contributed by atoms with Crippen molar-refractivity contribution in [1.82, 2.24) is 0 Å². The normalized spacial score (nSPS) is 25.2. The minimum Gasteiger partial charge on any atom is -0.102 e. The molecule has 1 aliphatic rings. The van der Waals surface area contributed by atoms with Gasteiger partial charge in [-0.15, -0.1) is 6.58 Å². The molecule has 0 heteroatoms. The van der Waals surface area contributed by atoms with Crippen LogP contribution in [0.25, 0.3) is 0 Å². The summed E-state index contributed by atoms with van der Waals surface area (Å²) in [5.41, 5.74) is 1.39. The van der Waals surface area contributed by atoms with E-state index in [1.165, 1.54) is 24.8 Å². The summed E-state index contributed by atoms with van der Waals surface area (Å²) in [6.45, 7) is 7.52. The van der Waals surface area contributed by atoms with E-state index in [1.807, 2.05) is 12.2 Å². The third-order valence-electron chi connectivity index (χ3n) is 2.00. The quantitative estimate of drug-likeness (QED) is 0.509. The van der Waals surface area contributed by atoms with Crippen LogP contribution >= 0.6 is 0 Å². The van der Waals surface area contributed by atoms with Gasteiger partial charge in [-0.05, 0) is 25.2 Å². The van der Waals surface area contributed by atoms with E-state index in [-0.39, 0.29) is 0 Å². The summed E-state index contributed by atoms with van der Waals surface area (Å²) in [7, 11) is 0. The molecular formula is C10H14. The Bertz CT molecular complexity index is 163. The van der Waals surface area contributed by atoms with Crippen LogP contribution in [0.5, 0.6) is 0 Å². The molecule has 1 rings (SSSR count). The summed E-state index contributed by atoms with van der Waals surface area (Å²) in [5.74, 6) is 0.599. The highest BCUT2D eigenvalue weighted by Crippen LogP contribution is 2.23. The molecule has 0 spiro atoms. The van der Waals surface area contributed by atoms with Crippen LogP contribution in [0.1, 0.15) is 19.3 Å². The van der Waals surface area contributed by atoms with Crippen LogP contribution in [0.3, 0.4) is 0 Å². The molecule has 10 heavy (non-hydrogen) atoms. The first-order chi connectivity index (χ1) is 4.86. The lowest BCUT2D eigenvalue weighted by Gasteiger charge is -2.15. The molecule has 1 aliphatic carbocycles. The smallest absolute Gasteiger partial charge is 0.00502 e. The van der Waals surface area contributed by atoms with E-state index < -0.39 is 0 Å². The maximum atomic E-state index is 3.77. The second-order valence-corrected chi connectivity index (χ2v) is 2.74. The summed E-state index contributed by atoms with van der Waals surface area (Å²) in [4.78, 5) is 0. The molecule has 0 heterocycles. The molecule has 0 aromatic heterocycles. The minimum absolute atomic E-state index is 0.599. The van der Waals surface area contributed by atoms with Gasteiger partial charge in [0.1, 0.15) is 0 Å². The van der Waals surface area contributed by atoms with Crippen molar-refractivity contribution < 1.29 is 0 Å². The van der Waals surface area contributed by atoms with Crippen LogP contribution in [-0.4, -0.2) is 0 Å². The molecular weight excluding hydrogens is 120 g/mol. The van der Waals surface area contributed by atoms with Crippen LogP contribution in [0.2, 0.25) is 0 Å². The fourth-order valence-corrected chi connectivity index (χ4v) is 1.34.